The predicted octanol–water partition coefficient (Wildman–Crippen LogP) is 3.18. The lowest BCUT2D eigenvalue weighted by Crippen LogP contribution is -2.38. The molecular formula is C13H24N2S. The molecule has 16 heavy (non-hydrogen) atoms. The zero-order valence-corrected chi connectivity index (χ0v) is 11.7. The Hall–Kier alpha value is -0.380. The Balaban J connectivity index is 2.86. The molecule has 1 aromatic heterocycles. The fourth-order valence-corrected chi connectivity index (χ4v) is 3.20. The number of likely N-dealkylation sites (N-methyl/N-ethyl adjacent to an activating group) is 1. The van der Waals surface area contributed by atoms with E-state index in [-0.39, 0.29) is 6.04 Å². The van der Waals surface area contributed by atoms with Crippen LogP contribution in [0.1, 0.15) is 42.5 Å². The van der Waals surface area contributed by atoms with Crippen LogP contribution in [0.15, 0.2) is 12.1 Å². The largest absolute Gasteiger partial charge is 0.326 e. The van der Waals surface area contributed by atoms with Crippen molar-refractivity contribution >= 4 is 11.3 Å². The highest BCUT2D eigenvalue weighted by Crippen LogP contribution is 2.29. The minimum absolute atomic E-state index is 0.231. The van der Waals surface area contributed by atoms with Crippen LogP contribution in [0.2, 0.25) is 0 Å². The fraction of sp³-hybridized carbons (Fsp3) is 0.692. The first kappa shape index (κ1) is 13.7. The monoisotopic (exact) mass is 240 g/mol. The number of rotatable bonds is 6. The Morgan fingerprint density at radius 3 is 2.50 bits per heavy atom. The van der Waals surface area contributed by atoms with Crippen molar-refractivity contribution in [2.45, 2.75) is 45.7 Å². The van der Waals surface area contributed by atoms with Crippen molar-refractivity contribution in [3.05, 3.63) is 21.9 Å². The summed E-state index contributed by atoms with van der Waals surface area (Å²) >= 11 is 1.87. The third kappa shape index (κ3) is 3.30. The number of hydrogen-bond donors (Lipinski definition) is 1. The summed E-state index contributed by atoms with van der Waals surface area (Å²) in [4.78, 5) is 5.16. The van der Waals surface area contributed by atoms with Crippen molar-refractivity contribution in [1.82, 2.24) is 4.90 Å². The van der Waals surface area contributed by atoms with Crippen LogP contribution in [0.3, 0.4) is 0 Å². The van der Waals surface area contributed by atoms with Gasteiger partial charge in [-0.25, -0.2) is 0 Å². The molecule has 3 heteroatoms. The Bertz CT molecular complexity index is 309. The lowest BCUT2D eigenvalue weighted by Gasteiger charge is -2.31. The normalized spacial score (nSPS) is 15.4. The molecule has 0 saturated heterocycles. The van der Waals surface area contributed by atoms with Crippen molar-refractivity contribution in [1.29, 1.82) is 0 Å². The van der Waals surface area contributed by atoms with E-state index in [4.69, 9.17) is 5.73 Å². The van der Waals surface area contributed by atoms with Gasteiger partial charge in [0.25, 0.3) is 0 Å². The molecule has 0 aliphatic carbocycles. The van der Waals surface area contributed by atoms with Gasteiger partial charge in [-0.1, -0.05) is 13.8 Å². The number of nitrogens with two attached hydrogens (primary N) is 1. The van der Waals surface area contributed by atoms with Gasteiger partial charge in [0, 0.05) is 15.8 Å². The Morgan fingerprint density at radius 2 is 2.06 bits per heavy atom. The van der Waals surface area contributed by atoms with Crippen molar-refractivity contribution in [3.63, 3.8) is 0 Å². The van der Waals surface area contributed by atoms with Crippen LogP contribution < -0.4 is 5.73 Å². The number of nitrogens with zero attached hydrogens (tertiary/aromatic N) is 1. The van der Waals surface area contributed by atoms with E-state index in [1.54, 1.807) is 0 Å². The molecule has 2 nitrogen and oxygen atoms in total. The molecule has 0 fully saturated rings. The van der Waals surface area contributed by atoms with Crippen LogP contribution >= 0.6 is 11.3 Å². The zero-order valence-electron chi connectivity index (χ0n) is 10.9. The first-order valence-electron chi connectivity index (χ1n) is 6.12. The molecule has 2 unspecified atom stereocenters. The highest BCUT2D eigenvalue weighted by molar-refractivity contribution is 7.12. The number of aryl methyl sites for hydroxylation is 1. The van der Waals surface area contributed by atoms with Gasteiger partial charge in [-0.05, 0) is 45.5 Å². The molecular weight excluding hydrogens is 216 g/mol. The molecule has 0 aliphatic heterocycles. The molecule has 1 heterocycles. The van der Waals surface area contributed by atoms with Crippen molar-refractivity contribution in [2.24, 2.45) is 5.73 Å². The smallest absolute Gasteiger partial charge is 0.0590 e. The predicted molar refractivity (Wildman–Crippen MR) is 73.0 cm³/mol. The van der Waals surface area contributed by atoms with E-state index in [0.29, 0.717) is 6.04 Å². The summed E-state index contributed by atoms with van der Waals surface area (Å²) in [6.45, 7) is 7.64. The van der Waals surface area contributed by atoms with Crippen molar-refractivity contribution in [3.8, 4) is 0 Å². The molecule has 0 bridgehead atoms. The van der Waals surface area contributed by atoms with Gasteiger partial charge in [-0.3, -0.25) is 4.90 Å². The summed E-state index contributed by atoms with van der Waals surface area (Å²) < 4.78 is 0. The first-order chi connectivity index (χ1) is 7.60. The van der Waals surface area contributed by atoms with Crippen LogP contribution in [0.25, 0.3) is 0 Å². The van der Waals surface area contributed by atoms with E-state index < -0.39 is 0 Å². The van der Waals surface area contributed by atoms with Crippen LogP contribution in [-0.2, 0) is 0 Å². The lowest BCUT2D eigenvalue weighted by molar-refractivity contribution is 0.213. The molecule has 1 rings (SSSR count). The summed E-state index contributed by atoms with van der Waals surface area (Å²) in [6.07, 6.45) is 2.20. The Labute approximate surface area is 103 Å². The summed E-state index contributed by atoms with van der Waals surface area (Å²) in [6, 6.07) is 5.03. The second-order valence-corrected chi connectivity index (χ2v) is 5.77. The average molecular weight is 240 g/mol. The van der Waals surface area contributed by atoms with E-state index in [1.807, 2.05) is 11.3 Å². The molecule has 0 aromatic carbocycles. The van der Waals surface area contributed by atoms with Crippen molar-refractivity contribution < 1.29 is 0 Å². The van der Waals surface area contributed by atoms with Gasteiger partial charge in [0.05, 0.1) is 6.04 Å². The topological polar surface area (TPSA) is 29.3 Å². The van der Waals surface area contributed by atoms with Gasteiger partial charge in [-0.2, -0.15) is 0 Å². The van der Waals surface area contributed by atoms with Crippen LogP contribution in [0, 0.1) is 6.92 Å². The standard InChI is InChI=1S/C13H24N2S/c1-5-9-15(4)13(11(14)6-2)12-8-7-10(3)16-12/h7-8,11,13H,5-6,9,14H2,1-4H3. The fourth-order valence-electron chi connectivity index (χ4n) is 2.08. The summed E-state index contributed by atoms with van der Waals surface area (Å²) in [5.41, 5.74) is 6.25. The number of hydrogen-bond acceptors (Lipinski definition) is 3. The van der Waals surface area contributed by atoms with E-state index in [2.05, 4.69) is 44.9 Å². The van der Waals surface area contributed by atoms with Gasteiger partial charge in [-0.15, -0.1) is 11.3 Å². The average Bonchev–Trinajstić information content (AvgIpc) is 2.65. The third-order valence-corrected chi connectivity index (χ3v) is 4.05. The van der Waals surface area contributed by atoms with Crippen LogP contribution in [0.4, 0.5) is 0 Å². The van der Waals surface area contributed by atoms with Gasteiger partial charge in [0.1, 0.15) is 0 Å². The second-order valence-electron chi connectivity index (χ2n) is 4.45. The van der Waals surface area contributed by atoms with Gasteiger partial charge in [0.2, 0.25) is 0 Å². The van der Waals surface area contributed by atoms with Gasteiger partial charge in [0.15, 0.2) is 0 Å². The molecule has 2 atom stereocenters. The maximum Gasteiger partial charge on any atom is 0.0590 e. The maximum absolute atomic E-state index is 6.25. The molecule has 0 aliphatic rings. The van der Waals surface area contributed by atoms with Crippen molar-refractivity contribution in [2.75, 3.05) is 13.6 Å². The highest BCUT2D eigenvalue weighted by Gasteiger charge is 2.23. The minimum atomic E-state index is 0.231. The van der Waals surface area contributed by atoms with E-state index in [0.717, 1.165) is 13.0 Å². The Kier molecular flexibility index (Phi) is 5.46. The number of thiophene rings is 1. The zero-order chi connectivity index (χ0) is 12.1. The maximum atomic E-state index is 6.25. The van der Waals surface area contributed by atoms with E-state index in [9.17, 15) is 0 Å². The van der Waals surface area contributed by atoms with E-state index >= 15 is 0 Å². The molecule has 0 radical (unpaired) electrons. The summed E-state index contributed by atoms with van der Waals surface area (Å²) in [7, 11) is 2.18. The third-order valence-electron chi connectivity index (χ3n) is 2.98. The van der Waals surface area contributed by atoms with Gasteiger partial charge >= 0.3 is 0 Å². The SMILES string of the molecule is CCCN(C)C(c1ccc(C)s1)C(N)CC. The quantitative estimate of drug-likeness (QED) is 0.827. The van der Waals surface area contributed by atoms with E-state index in [1.165, 1.54) is 16.2 Å². The Morgan fingerprint density at radius 1 is 1.38 bits per heavy atom. The van der Waals surface area contributed by atoms with Gasteiger partial charge < -0.3 is 5.73 Å². The summed E-state index contributed by atoms with van der Waals surface area (Å²) in [5.74, 6) is 0. The molecule has 2 N–H and O–H groups in total. The molecule has 0 amide bonds. The first-order valence-corrected chi connectivity index (χ1v) is 6.93. The van der Waals surface area contributed by atoms with Crippen LogP contribution in [-0.4, -0.2) is 24.5 Å². The summed E-state index contributed by atoms with van der Waals surface area (Å²) in [5, 5.41) is 0. The molecule has 1 aromatic rings. The molecule has 92 valence electrons. The van der Waals surface area contributed by atoms with Crippen LogP contribution in [0.5, 0.6) is 0 Å². The molecule has 0 saturated carbocycles. The lowest BCUT2D eigenvalue weighted by atomic mass is 10.0. The molecule has 0 spiro atoms. The minimum Gasteiger partial charge on any atom is -0.326 e. The second kappa shape index (κ2) is 6.38. The highest BCUT2D eigenvalue weighted by atomic mass is 32.1.